The number of carbonyl (C=O) groups is 1. The summed E-state index contributed by atoms with van der Waals surface area (Å²) in [5.74, 6) is -0.881. The van der Waals surface area contributed by atoms with Crippen molar-refractivity contribution in [2.24, 2.45) is 0 Å². The van der Waals surface area contributed by atoms with Crippen LogP contribution in [0.3, 0.4) is 0 Å². The lowest BCUT2D eigenvalue weighted by Gasteiger charge is -2.05. The Morgan fingerprint density at radius 1 is 1.24 bits per heavy atom. The second-order valence-corrected chi connectivity index (χ2v) is 5.71. The van der Waals surface area contributed by atoms with Gasteiger partial charge in [0.1, 0.15) is 0 Å². The number of rotatable bonds is 5. The van der Waals surface area contributed by atoms with E-state index in [4.69, 9.17) is 16.7 Å². The molecule has 0 unspecified atom stereocenters. The summed E-state index contributed by atoms with van der Waals surface area (Å²) in [5.41, 5.74) is 0.655. The Morgan fingerprint density at radius 3 is 2.43 bits per heavy atom. The Labute approximate surface area is 129 Å². The normalized spacial score (nSPS) is 10.3. The van der Waals surface area contributed by atoms with E-state index in [1.807, 2.05) is 0 Å². The van der Waals surface area contributed by atoms with Crippen LogP contribution in [0.5, 0.6) is 0 Å². The van der Waals surface area contributed by atoms with E-state index in [0.29, 0.717) is 15.5 Å². The molecule has 0 heterocycles. The van der Waals surface area contributed by atoms with Crippen LogP contribution in [0.15, 0.2) is 52.3 Å². The van der Waals surface area contributed by atoms with Gasteiger partial charge in [-0.2, -0.15) is 0 Å². The van der Waals surface area contributed by atoms with E-state index in [0.717, 1.165) is 4.90 Å². The van der Waals surface area contributed by atoms with E-state index in [-0.39, 0.29) is 12.1 Å². The van der Waals surface area contributed by atoms with Crippen molar-refractivity contribution < 1.29 is 14.8 Å². The van der Waals surface area contributed by atoms with Crippen LogP contribution >= 0.6 is 23.4 Å². The van der Waals surface area contributed by atoms with Gasteiger partial charge in [0.05, 0.1) is 16.4 Å². The van der Waals surface area contributed by atoms with Gasteiger partial charge in [-0.3, -0.25) is 14.9 Å². The number of nitro groups is 1. The number of aliphatic carboxylic acids is 1. The number of carboxylic acid groups (broad SMARTS) is 1. The molecule has 108 valence electrons. The third-order valence-corrected chi connectivity index (χ3v) is 4.14. The quantitative estimate of drug-likeness (QED) is 0.663. The van der Waals surface area contributed by atoms with E-state index >= 15 is 0 Å². The topological polar surface area (TPSA) is 80.4 Å². The Morgan fingerprint density at radius 2 is 1.90 bits per heavy atom. The first-order chi connectivity index (χ1) is 9.95. The van der Waals surface area contributed by atoms with Gasteiger partial charge in [-0.05, 0) is 23.8 Å². The monoisotopic (exact) mass is 323 g/mol. The molecule has 0 aliphatic rings. The van der Waals surface area contributed by atoms with Crippen molar-refractivity contribution in [3.8, 4) is 0 Å². The fraction of sp³-hybridized carbons (Fsp3) is 0.0714. The summed E-state index contributed by atoms with van der Waals surface area (Å²) in [4.78, 5) is 22.3. The van der Waals surface area contributed by atoms with Crippen molar-refractivity contribution in [3.63, 3.8) is 0 Å². The minimum atomic E-state index is -0.881. The average molecular weight is 324 g/mol. The minimum Gasteiger partial charge on any atom is -0.481 e. The number of benzene rings is 2. The summed E-state index contributed by atoms with van der Waals surface area (Å²) < 4.78 is 0. The Balaban J connectivity index is 2.14. The number of halogens is 1. The Hall–Kier alpha value is -2.05. The van der Waals surface area contributed by atoms with Crippen molar-refractivity contribution in [2.75, 3.05) is 0 Å². The first-order valence-corrected chi connectivity index (χ1v) is 7.07. The lowest BCUT2D eigenvalue weighted by Crippen LogP contribution is -1.99. The highest BCUT2D eigenvalue weighted by Crippen LogP contribution is 2.35. The third-order valence-electron chi connectivity index (χ3n) is 2.63. The van der Waals surface area contributed by atoms with E-state index in [9.17, 15) is 14.9 Å². The molecule has 0 aromatic heterocycles. The smallest absolute Gasteiger partial charge is 0.307 e. The molecule has 0 saturated heterocycles. The summed E-state index contributed by atoms with van der Waals surface area (Å²) in [7, 11) is 0. The molecule has 5 nitrogen and oxygen atoms in total. The molecule has 0 amide bonds. The first-order valence-electron chi connectivity index (χ1n) is 5.88. The van der Waals surface area contributed by atoms with E-state index in [1.165, 1.54) is 23.9 Å². The van der Waals surface area contributed by atoms with Gasteiger partial charge in [0.25, 0.3) is 5.69 Å². The molecule has 0 radical (unpaired) electrons. The van der Waals surface area contributed by atoms with Crippen molar-refractivity contribution in [2.45, 2.75) is 16.2 Å². The molecule has 0 aliphatic carbocycles. The van der Waals surface area contributed by atoms with Crippen LogP contribution in [0.4, 0.5) is 5.69 Å². The molecular weight excluding hydrogens is 314 g/mol. The molecule has 0 fully saturated rings. The van der Waals surface area contributed by atoms with Gasteiger partial charge in [0.2, 0.25) is 0 Å². The maximum Gasteiger partial charge on any atom is 0.307 e. The van der Waals surface area contributed by atoms with Crippen molar-refractivity contribution in [1.82, 2.24) is 0 Å². The number of hydrogen-bond acceptors (Lipinski definition) is 4. The predicted molar refractivity (Wildman–Crippen MR) is 80.0 cm³/mol. The molecule has 2 aromatic carbocycles. The van der Waals surface area contributed by atoms with E-state index < -0.39 is 10.9 Å². The number of non-ortho nitro benzene ring substituents is 1. The maximum atomic E-state index is 10.6. The van der Waals surface area contributed by atoms with Gasteiger partial charge in [-0.25, -0.2) is 0 Å². The van der Waals surface area contributed by atoms with Crippen molar-refractivity contribution >= 4 is 35.0 Å². The van der Waals surface area contributed by atoms with Crippen LogP contribution in [-0.4, -0.2) is 16.0 Å². The van der Waals surface area contributed by atoms with Gasteiger partial charge in [0, 0.05) is 21.9 Å². The first kappa shape index (κ1) is 15.3. The van der Waals surface area contributed by atoms with Crippen LogP contribution in [-0.2, 0) is 11.2 Å². The van der Waals surface area contributed by atoms with Crippen LogP contribution in [0.2, 0.25) is 5.02 Å². The zero-order valence-electron chi connectivity index (χ0n) is 10.7. The summed E-state index contributed by atoms with van der Waals surface area (Å²) in [6.45, 7) is 0. The largest absolute Gasteiger partial charge is 0.481 e. The highest BCUT2D eigenvalue weighted by molar-refractivity contribution is 7.99. The molecule has 0 aliphatic heterocycles. The average Bonchev–Trinajstić information content (AvgIpc) is 2.42. The molecule has 2 aromatic rings. The summed E-state index contributed by atoms with van der Waals surface area (Å²) >= 11 is 7.38. The predicted octanol–water partition coefficient (Wildman–Crippen LogP) is 4.03. The van der Waals surface area contributed by atoms with Crippen molar-refractivity contribution in [3.05, 3.63) is 63.2 Å². The highest BCUT2D eigenvalue weighted by Gasteiger charge is 2.10. The summed E-state index contributed by atoms with van der Waals surface area (Å²) in [5, 5.41) is 19.7. The number of nitro benzene ring substituents is 1. The second-order valence-electron chi connectivity index (χ2n) is 4.19. The van der Waals surface area contributed by atoms with Crippen LogP contribution in [0, 0.1) is 10.1 Å². The summed E-state index contributed by atoms with van der Waals surface area (Å²) in [6, 6.07) is 11.3. The van der Waals surface area contributed by atoms with Crippen LogP contribution in [0.25, 0.3) is 0 Å². The van der Waals surface area contributed by atoms with Gasteiger partial charge >= 0.3 is 5.97 Å². The third kappa shape index (κ3) is 4.21. The Bertz CT molecular complexity index is 688. The van der Waals surface area contributed by atoms with Gasteiger partial charge in [-0.15, -0.1) is 0 Å². The molecule has 0 spiro atoms. The van der Waals surface area contributed by atoms with E-state index in [2.05, 4.69) is 0 Å². The zero-order valence-corrected chi connectivity index (χ0v) is 12.2. The number of carboxylic acids is 1. The SMILES string of the molecule is O=C(O)Cc1ccc(Sc2ccc([N+](=O)[O-])cc2Cl)cc1. The lowest BCUT2D eigenvalue weighted by molar-refractivity contribution is -0.384. The van der Waals surface area contributed by atoms with Gasteiger partial charge < -0.3 is 5.11 Å². The summed E-state index contributed by atoms with van der Waals surface area (Å²) in [6.07, 6.45) is -0.0246. The molecule has 0 saturated carbocycles. The van der Waals surface area contributed by atoms with Gasteiger partial charge in [0.15, 0.2) is 0 Å². The molecule has 0 bridgehead atoms. The fourth-order valence-electron chi connectivity index (χ4n) is 1.66. The van der Waals surface area contributed by atoms with Gasteiger partial charge in [-0.1, -0.05) is 35.5 Å². The standard InChI is InChI=1S/C14H10ClNO4S/c15-12-8-10(16(19)20)3-6-13(12)21-11-4-1-9(2-5-11)7-14(17)18/h1-6,8H,7H2,(H,17,18). The second kappa shape index (κ2) is 6.60. The maximum absolute atomic E-state index is 10.6. The zero-order chi connectivity index (χ0) is 15.4. The van der Waals surface area contributed by atoms with Crippen molar-refractivity contribution in [1.29, 1.82) is 0 Å². The van der Waals surface area contributed by atoms with E-state index in [1.54, 1.807) is 30.3 Å². The molecular formula is C14H10ClNO4S. The number of hydrogen-bond donors (Lipinski definition) is 1. The lowest BCUT2D eigenvalue weighted by atomic mass is 10.2. The molecule has 21 heavy (non-hydrogen) atoms. The minimum absolute atomic E-state index is 0.0246. The number of nitrogens with zero attached hydrogens (tertiary/aromatic N) is 1. The molecule has 2 rings (SSSR count). The van der Waals surface area contributed by atoms with Crippen LogP contribution < -0.4 is 0 Å². The molecule has 7 heteroatoms. The molecule has 0 atom stereocenters. The molecule has 1 N–H and O–H groups in total. The Kier molecular flexibility index (Phi) is 4.82. The van der Waals surface area contributed by atoms with Crippen LogP contribution in [0.1, 0.15) is 5.56 Å². The highest BCUT2D eigenvalue weighted by atomic mass is 35.5. The fourth-order valence-corrected chi connectivity index (χ4v) is 2.77.